The first kappa shape index (κ1) is 35.4. The molecule has 0 bridgehead atoms. The number of aryl methyl sites for hydroxylation is 1. The molecular weight excluding hydrogens is 578 g/mol. The number of aliphatic hydroxyl groups is 1. The van der Waals surface area contributed by atoms with E-state index in [0.29, 0.717) is 44.7 Å². The summed E-state index contributed by atoms with van der Waals surface area (Å²) >= 11 is 0. The van der Waals surface area contributed by atoms with Gasteiger partial charge in [-0.15, -0.1) is 0 Å². The number of carbonyl (C=O) groups is 3. The first-order valence-corrected chi connectivity index (χ1v) is 17.7. The summed E-state index contributed by atoms with van der Waals surface area (Å²) in [6.45, 7) is 3.34. The first-order valence-electron chi connectivity index (χ1n) is 17.7. The lowest BCUT2D eigenvalue weighted by atomic mass is 9.83. The van der Waals surface area contributed by atoms with Gasteiger partial charge in [-0.25, -0.2) is 4.79 Å². The van der Waals surface area contributed by atoms with Gasteiger partial charge in [0.15, 0.2) is 0 Å². The smallest absolute Gasteiger partial charge is 0.318 e. The predicted octanol–water partition coefficient (Wildman–Crippen LogP) is 5.31. The van der Waals surface area contributed by atoms with Crippen LogP contribution in [-0.4, -0.2) is 70.2 Å². The fourth-order valence-corrected chi connectivity index (χ4v) is 6.84. The van der Waals surface area contributed by atoms with Gasteiger partial charge in [0.05, 0.1) is 12.1 Å². The normalized spacial score (nSPS) is 18.2. The molecular formula is C37H55N5O4. The fraction of sp³-hybridized carbons (Fsp3) is 0.622. The van der Waals surface area contributed by atoms with Crippen LogP contribution in [0.4, 0.5) is 4.79 Å². The third kappa shape index (κ3) is 11.7. The minimum absolute atomic E-state index is 0.242. The average Bonchev–Trinajstić information content (AvgIpc) is 3.09. The summed E-state index contributed by atoms with van der Waals surface area (Å²) in [6, 6.07) is 13.3. The number of nitrogens with one attached hydrogen (secondary N) is 3. The number of pyridine rings is 1. The topological polar surface area (TPSA) is 124 Å². The van der Waals surface area contributed by atoms with E-state index in [-0.39, 0.29) is 17.8 Å². The van der Waals surface area contributed by atoms with Crippen LogP contribution in [0.2, 0.25) is 0 Å². The number of aliphatic hydroxyl groups excluding tert-OH is 1. The van der Waals surface area contributed by atoms with Crippen LogP contribution in [0.1, 0.15) is 102 Å². The Kier molecular flexibility index (Phi) is 14.8. The molecule has 9 nitrogen and oxygen atoms in total. The molecule has 252 valence electrons. The van der Waals surface area contributed by atoms with E-state index in [0.717, 1.165) is 62.6 Å². The molecule has 4 amide bonds. The minimum atomic E-state index is -0.820. The van der Waals surface area contributed by atoms with Crippen molar-refractivity contribution in [3.63, 3.8) is 0 Å². The Balaban J connectivity index is 1.42. The molecule has 1 aliphatic carbocycles. The van der Waals surface area contributed by atoms with E-state index in [4.69, 9.17) is 0 Å². The Morgan fingerprint density at radius 1 is 0.848 bits per heavy atom. The number of rotatable bonds is 16. The van der Waals surface area contributed by atoms with Crippen LogP contribution < -0.4 is 16.0 Å². The number of nitrogens with zero attached hydrogens (tertiary/aromatic N) is 2. The lowest BCUT2D eigenvalue weighted by molar-refractivity contribution is -0.131. The number of carbonyl (C=O) groups excluding carboxylic acids is 3. The molecule has 4 rings (SSSR count). The van der Waals surface area contributed by atoms with Gasteiger partial charge < -0.3 is 26.0 Å². The first-order chi connectivity index (χ1) is 22.4. The quantitative estimate of drug-likeness (QED) is 0.200. The molecule has 2 aromatic rings. The van der Waals surface area contributed by atoms with Crippen molar-refractivity contribution in [3.05, 3.63) is 66.0 Å². The Labute approximate surface area is 275 Å². The molecule has 2 heterocycles. The van der Waals surface area contributed by atoms with Gasteiger partial charge in [0.25, 0.3) is 0 Å². The lowest BCUT2D eigenvalue weighted by Crippen LogP contribution is -2.58. The zero-order valence-electron chi connectivity index (χ0n) is 27.7. The van der Waals surface area contributed by atoms with Crippen LogP contribution in [0.5, 0.6) is 0 Å². The molecule has 46 heavy (non-hydrogen) atoms. The molecule has 4 N–H and O–H groups in total. The number of aromatic nitrogens is 1. The van der Waals surface area contributed by atoms with E-state index in [9.17, 15) is 19.5 Å². The zero-order chi connectivity index (χ0) is 32.6. The van der Waals surface area contributed by atoms with Crippen molar-refractivity contribution in [2.24, 2.45) is 5.92 Å². The van der Waals surface area contributed by atoms with Gasteiger partial charge in [-0.05, 0) is 75.0 Å². The summed E-state index contributed by atoms with van der Waals surface area (Å²) < 4.78 is 0. The SMILES string of the molecule is CCC[C@H](NC(=O)[C@H](Cc1ccccc1)NC(=O)N1CCCCC1)C(=O)N[C@@H](CC1CCCCC1)[C@@H](O)CCCc1ccccn1. The molecule has 9 heteroatoms. The summed E-state index contributed by atoms with van der Waals surface area (Å²) in [7, 11) is 0. The monoisotopic (exact) mass is 633 g/mol. The highest BCUT2D eigenvalue weighted by atomic mass is 16.3. The zero-order valence-corrected chi connectivity index (χ0v) is 27.7. The Morgan fingerprint density at radius 3 is 2.24 bits per heavy atom. The van der Waals surface area contributed by atoms with Crippen LogP contribution in [0, 0.1) is 5.92 Å². The van der Waals surface area contributed by atoms with Crippen molar-refractivity contribution in [1.82, 2.24) is 25.8 Å². The molecule has 0 spiro atoms. The maximum Gasteiger partial charge on any atom is 0.318 e. The molecule has 1 saturated heterocycles. The number of benzene rings is 1. The van der Waals surface area contributed by atoms with Crippen LogP contribution >= 0.6 is 0 Å². The van der Waals surface area contributed by atoms with Crippen molar-refractivity contribution >= 4 is 17.8 Å². The molecule has 2 fully saturated rings. The average molecular weight is 634 g/mol. The molecule has 1 aromatic carbocycles. The summed E-state index contributed by atoms with van der Waals surface area (Å²) in [5, 5.41) is 20.5. The number of urea groups is 1. The minimum Gasteiger partial charge on any atom is -0.391 e. The van der Waals surface area contributed by atoms with E-state index in [1.807, 2.05) is 55.5 Å². The third-order valence-electron chi connectivity index (χ3n) is 9.51. The van der Waals surface area contributed by atoms with E-state index in [1.165, 1.54) is 19.3 Å². The van der Waals surface area contributed by atoms with E-state index in [1.54, 1.807) is 11.1 Å². The van der Waals surface area contributed by atoms with Gasteiger partial charge in [0, 0.05) is 31.4 Å². The molecule has 1 saturated carbocycles. The van der Waals surface area contributed by atoms with Crippen molar-refractivity contribution in [2.75, 3.05) is 13.1 Å². The largest absolute Gasteiger partial charge is 0.391 e. The van der Waals surface area contributed by atoms with Crippen molar-refractivity contribution < 1.29 is 19.5 Å². The van der Waals surface area contributed by atoms with Gasteiger partial charge in [0.2, 0.25) is 11.8 Å². The van der Waals surface area contributed by atoms with Crippen LogP contribution in [0.25, 0.3) is 0 Å². The van der Waals surface area contributed by atoms with Crippen molar-refractivity contribution in [1.29, 1.82) is 0 Å². The Morgan fingerprint density at radius 2 is 1.54 bits per heavy atom. The Bertz CT molecular complexity index is 1180. The number of piperidine rings is 1. The molecule has 2 aliphatic rings. The van der Waals surface area contributed by atoms with Gasteiger partial charge in [-0.1, -0.05) is 81.8 Å². The number of hydrogen-bond acceptors (Lipinski definition) is 5. The van der Waals surface area contributed by atoms with Gasteiger partial charge >= 0.3 is 6.03 Å². The van der Waals surface area contributed by atoms with E-state index < -0.39 is 24.2 Å². The van der Waals surface area contributed by atoms with E-state index >= 15 is 0 Å². The lowest BCUT2D eigenvalue weighted by Gasteiger charge is -2.32. The number of hydrogen-bond donors (Lipinski definition) is 4. The van der Waals surface area contributed by atoms with Crippen LogP contribution in [0.15, 0.2) is 54.7 Å². The summed E-state index contributed by atoms with van der Waals surface area (Å²) in [6.07, 6.45) is 14.2. The fourth-order valence-electron chi connectivity index (χ4n) is 6.84. The third-order valence-corrected chi connectivity index (χ3v) is 9.51. The summed E-state index contributed by atoms with van der Waals surface area (Å²) in [4.78, 5) is 46.9. The molecule has 0 radical (unpaired) electrons. The Hall–Kier alpha value is -3.46. The standard InChI is InChI=1S/C37H55N5O4/c1-2-15-31(39-36(45)33(27-29-18-8-4-9-19-29)41-37(46)42-24-12-5-13-25-42)35(44)40-32(26-28-16-6-3-7-17-28)34(43)22-14-21-30-20-10-11-23-38-30/h4,8-11,18-20,23,28,31-34,43H,2-3,5-7,12-17,21-22,24-27H2,1H3,(H,39,45)(H,40,44)(H,41,46)/t31-,32-,33-,34-/m0/s1. The molecule has 0 unspecified atom stereocenters. The highest BCUT2D eigenvalue weighted by Gasteiger charge is 2.32. The second-order valence-corrected chi connectivity index (χ2v) is 13.2. The second-order valence-electron chi connectivity index (χ2n) is 13.2. The highest BCUT2D eigenvalue weighted by molar-refractivity contribution is 5.92. The van der Waals surface area contributed by atoms with Crippen molar-refractivity contribution in [3.8, 4) is 0 Å². The molecule has 1 aromatic heterocycles. The van der Waals surface area contributed by atoms with Crippen LogP contribution in [0.3, 0.4) is 0 Å². The number of likely N-dealkylation sites (tertiary alicyclic amines) is 1. The van der Waals surface area contributed by atoms with E-state index in [2.05, 4.69) is 20.9 Å². The van der Waals surface area contributed by atoms with Crippen LogP contribution in [-0.2, 0) is 22.4 Å². The highest BCUT2D eigenvalue weighted by Crippen LogP contribution is 2.29. The maximum absolute atomic E-state index is 13.8. The van der Waals surface area contributed by atoms with Gasteiger partial charge in [0.1, 0.15) is 12.1 Å². The molecule has 4 atom stereocenters. The summed E-state index contributed by atoms with van der Waals surface area (Å²) in [5.41, 5.74) is 1.92. The second kappa shape index (κ2) is 19.3. The van der Waals surface area contributed by atoms with Gasteiger partial charge in [-0.2, -0.15) is 0 Å². The predicted molar refractivity (Wildman–Crippen MR) is 181 cm³/mol. The van der Waals surface area contributed by atoms with Crippen molar-refractivity contribution in [2.45, 2.75) is 127 Å². The summed E-state index contributed by atoms with van der Waals surface area (Å²) in [5.74, 6) is -0.188. The number of amides is 4. The van der Waals surface area contributed by atoms with Gasteiger partial charge in [-0.3, -0.25) is 14.6 Å². The molecule has 1 aliphatic heterocycles. The maximum atomic E-state index is 13.8.